The van der Waals surface area contributed by atoms with Crippen LogP contribution in [0.2, 0.25) is 0 Å². The van der Waals surface area contributed by atoms with Crippen LogP contribution in [-0.4, -0.2) is 32.3 Å². The monoisotopic (exact) mass is 415 g/mol. The van der Waals surface area contributed by atoms with Gasteiger partial charge in [-0.15, -0.1) is 0 Å². The van der Waals surface area contributed by atoms with Crippen molar-refractivity contribution in [2.45, 2.75) is 25.7 Å². The van der Waals surface area contributed by atoms with Gasteiger partial charge in [-0.2, -0.15) is 13.2 Å². The lowest BCUT2D eigenvalue weighted by atomic mass is 10.1. The summed E-state index contributed by atoms with van der Waals surface area (Å²) in [5, 5.41) is 6.08. The Hall–Kier alpha value is -2.68. The number of nitrogens with zero attached hydrogens (tertiary/aromatic N) is 1. The molecule has 0 radical (unpaired) electrons. The number of aliphatic imine (C=N–C) groups is 1. The summed E-state index contributed by atoms with van der Waals surface area (Å²) in [6.07, 6.45) is -4.05. The Balaban J connectivity index is 1.75. The molecule has 2 aromatic rings. The molecule has 0 aromatic heterocycles. The fourth-order valence-corrected chi connectivity index (χ4v) is 2.50. The zero-order valence-corrected chi connectivity index (χ0v) is 15.8. The van der Waals surface area contributed by atoms with E-state index in [2.05, 4.69) is 20.4 Å². The molecule has 0 atom stereocenters. The molecule has 0 saturated carbocycles. The molecule has 0 amide bonds. The minimum atomic E-state index is -4.34. The molecular formula is C20H22F5N3O. The van der Waals surface area contributed by atoms with E-state index in [0.717, 1.165) is 11.6 Å². The van der Waals surface area contributed by atoms with E-state index in [0.29, 0.717) is 24.6 Å². The van der Waals surface area contributed by atoms with E-state index in [9.17, 15) is 22.0 Å². The quantitative estimate of drug-likeness (QED) is 0.390. The lowest BCUT2D eigenvalue weighted by Gasteiger charge is -2.13. The van der Waals surface area contributed by atoms with Crippen molar-refractivity contribution in [3.63, 3.8) is 0 Å². The van der Waals surface area contributed by atoms with Crippen molar-refractivity contribution < 1.29 is 26.7 Å². The first-order valence-electron chi connectivity index (χ1n) is 8.88. The number of halogens is 5. The molecule has 0 heterocycles. The maximum Gasteiger partial charge on any atom is 0.411 e. The Morgan fingerprint density at radius 1 is 1.00 bits per heavy atom. The van der Waals surface area contributed by atoms with Crippen molar-refractivity contribution in [1.29, 1.82) is 0 Å². The van der Waals surface area contributed by atoms with Gasteiger partial charge in [0.05, 0.1) is 6.61 Å². The van der Waals surface area contributed by atoms with Gasteiger partial charge in [0.15, 0.2) is 17.6 Å². The van der Waals surface area contributed by atoms with Gasteiger partial charge in [-0.1, -0.05) is 36.4 Å². The molecule has 9 heteroatoms. The van der Waals surface area contributed by atoms with Gasteiger partial charge >= 0.3 is 6.18 Å². The fourth-order valence-electron chi connectivity index (χ4n) is 2.50. The summed E-state index contributed by atoms with van der Waals surface area (Å²) in [6, 6.07) is 11.0. The minimum absolute atomic E-state index is 0.118. The Kier molecular flexibility index (Phi) is 8.38. The first kappa shape index (κ1) is 22.6. The van der Waals surface area contributed by atoms with Crippen molar-refractivity contribution in [1.82, 2.24) is 10.6 Å². The van der Waals surface area contributed by atoms with Crippen molar-refractivity contribution in [3.8, 4) is 0 Å². The summed E-state index contributed by atoms with van der Waals surface area (Å²) >= 11 is 0. The van der Waals surface area contributed by atoms with Crippen LogP contribution < -0.4 is 10.6 Å². The molecule has 0 aliphatic rings. The van der Waals surface area contributed by atoms with Crippen LogP contribution in [0.4, 0.5) is 22.0 Å². The molecule has 0 fully saturated rings. The lowest BCUT2D eigenvalue weighted by Crippen LogP contribution is -2.37. The van der Waals surface area contributed by atoms with Crippen molar-refractivity contribution in [2.75, 3.05) is 20.2 Å². The van der Waals surface area contributed by atoms with Crippen LogP contribution in [0.1, 0.15) is 16.7 Å². The first-order chi connectivity index (χ1) is 13.8. The average Bonchev–Trinajstić information content (AvgIpc) is 2.68. The van der Waals surface area contributed by atoms with Gasteiger partial charge in [0.2, 0.25) is 0 Å². The van der Waals surface area contributed by atoms with E-state index in [1.807, 2.05) is 0 Å². The van der Waals surface area contributed by atoms with Crippen molar-refractivity contribution in [3.05, 3.63) is 70.8 Å². The second-order valence-electron chi connectivity index (χ2n) is 6.24. The van der Waals surface area contributed by atoms with Crippen LogP contribution >= 0.6 is 0 Å². The number of nitrogens with one attached hydrogen (secondary N) is 2. The van der Waals surface area contributed by atoms with Gasteiger partial charge in [0.1, 0.15) is 6.61 Å². The predicted molar refractivity (Wildman–Crippen MR) is 100 cm³/mol. The summed E-state index contributed by atoms with van der Waals surface area (Å²) in [5.74, 6) is -1.24. The normalized spacial score (nSPS) is 12.1. The second-order valence-corrected chi connectivity index (χ2v) is 6.24. The molecule has 0 aliphatic heterocycles. The molecule has 4 nitrogen and oxygen atoms in total. The summed E-state index contributed by atoms with van der Waals surface area (Å²) in [7, 11) is 1.58. The molecule has 29 heavy (non-hydrogen) atoms. The molecule has 0 spiro atoms. The second kappa shape index (κ2) is 10.8. The number of ether oxygens (including phenoxy) is 1. The molecule has 0 aliphatic carbocycles. The molecule has 0 bridgehead atoms. The fraction of sp³-hybridized carbons (Fsp3) is 0.350. The van der Waals surface area contributed by atoms with Crippen molar-refractivity contribution >= 4 is 5.96 Å². The maximum atomic E-state index is 13.6. The summed E-state index contributed by atoms with van der Waals surface area (Å²) in [4.78, 5) is 4.06. The third-order valence-electron chi connectivity index (χ3n) is 3.96. The largest absolute Gasteiger partial charge is 0.411 e. The number of guanidine groups is 1. The summed E-state index contributed by atoms with van der Waals surface area (Å²) in [5.41, 5.74) is 1.80. The standard InChI is InChI=1S/C20H22F5N3O/c1-26-19(27-10-9-16-3-2-4-17(21)18(16)22)28-11-14-5-7-15(8-6-14)12-29-13-20(23,24)25/h2-8H,9-13H2,1H3,(H2,26,27,28). The van der Waals surface area contributed by atoms with E-state index in [1.54, 1.807) is 31.3 Å². The Labute approximate surface area is 165 Å². The molecule has 0 saturated heterocycles. The number of rotatable bonds is 8. The maximum absolute atomic E-state index is 13.6. The highest BCUT2D eigenvalue weighted by Crippen LogP contribution is 2.16. The number of hydrogen-bond donors (Lipinski definition) is 2. The third-order valence-corrected chi connectivity index (χ3v) is 3.96. The van der Waals surface area contributed by atoms with Crippen LogP contribution in [0.3, 0.4) is 0 Å². The number of alkyl halides is 3. The van der Waals surface area contributed by atoms with Crippen LogP contribution in [-0.2, 0) is 24.3 Å². The topological polar surface area (TPSA) is 45.7 Å². The zero-order chi connectivity index (χ0) is 21.3. The van der Waals surface area contributed by atoms with Crippen LogP contribution in [0.15, 0.2) is 47.5 Å². The molecular weight excluding hydrogens is 393 g/mol. The highest BCUT2D eigenvalue weighted by atomic mass is 19.4. The summed E-state index contributed by atoms with van der Waals surface area (Å²) < 4.78 is 67.7. The Morgan fingerprint density at radius 3 is 2.34 bits per heavy atom. The van der Waals surface area contributed by atoms with E-state index in [4.69, 9.17) is 0 Å². The van der Waals surface area contributed by atoms with Crippen molar-refractivity contribution in [2.24, 2.45) is 4.99 Å². The van der Waals surface area contributed by atoms with E-state index >= 15 is 0 Å². The van der Waals surface area contributed by atoms with E-state index in [-0.39, 0.29) is 18.6 Å². The first-order valence-corrected chi connectivity index (χ1v) is 8.88. The Morgan fingerprint density at radius 2 is 1.69 bits per heavy atom. The number of benzene rings is 2. The smallest absolute Gasteiger partial charge is 0.367 e. The van der Waals surface area contributed by atoms with Gasteiger partial charge in [0, 0.05) is 20.1 Å². The molecule has 158 valence electrons. The van der Waals surface area contributed by atoms with Gasteiger partial charge < -0.3 is 15.4 Å². The molecule has 2 aromatic carbocycles. The van der Waals surface area contributed by atoms with Crippen LogP contribution in [0.5, 0.6) is 0 Å². The molecule has 2 rings (SSSR count). The Bertz CT molecular complexity index is 807. The zero-order valence-electron chi connectivity index (χ0n) is 15.8. The highest BCUT2D eigenvalue weighted by Gasteiger charge is 2.27. The minimum Gasteiger partial charge on any atom is -0.367 e. The SMILES string of the molecule is CN=C(NCCc1cccc(F)c1F)NCc1ccc(COCC(F)(F)F)cc1. The lowest BCUT2D eigenvalue weighted by molar-refractivity contribution is -0.176. The third kappa shape index (κ3) is 8.06. The van der Waals surface area contributed by atoms with Gasteiger partial charge in [-0.3, -0.25) is 4.99 Å². The number of hydrogen-bond acceptors (Lipinski definition) is 2. The highest BCUT2D eigenvalue weighted by molar-refractivity contribution is 5.79. The van der Waals surface area contributed by atoms with Crippen LogP contribution in [0, 0.1) is 11.6 Å². The van der Waals surface area contributed by atoms with Crippen LogP contribution in [0.25, 0.3) is 0 Å². The van der Waals surface area contributed by atoms with Gasteiger partial charge in [0.25, 0.3) is 0 Å². The van der Waals surface area contributed by atoms with E-state index in [1.165, 1.54) is 12.1 Å². The van der Waals surface area contributed by atoms with E-state index < -0.39 is 24.4 Å². The average molecular weight is 415 g/mol. The molecule has 0 unspecified atom stereocenters. The predicted octanol–water partition coefficient (Wildman–Crippen LogP) is 3.95. The summed E-state index contributed by atoms with van der Waals surface area (Å²) in [6.45, 7) is -0.613. The molecule has 2 N–H and O–H groups in total. The van der Waals surface area contributed by atoms with Gasteiger partial charge in [-0.25, -0.2) is 8.78 Å². The van der Waals surface area contributed by atoms with Gasteiger partial charge in [-0.05, 0) is 29.2 Å².